The van der Waals surface area contributed by atoms with Crippen LogP contribution in [-0.2, 0) is 24.3 Å². The molecule has 0 bridgehead atoms. The number of hydrogen-bond acceptors (Lipinski definition) is 7. The Morgan fingerprint density at radius 1 is 1.11 bits per heavy atom. The van der Waals surface area contributed by atoms with Gasteiger partial charge in [0.15, 0.2) is 6.61 Å². The molecule has 0 aromatic heterocycles. The molecule has 11 heteroatoms. The van der Waals surface area contributed by atoms with Crippen LogP contribution in [0, 0.1) is 0 Å². The maximum atomic E-state index is 12.6. The van der Waals surface area contributed by atoms with E-state index in [-0.39, 0.29) is 35.2 Å². The Bertz CT molecular complexity index is 807. The van der Waals surface area contributed by atoms with Gasteiger partial charge < -0.3 is 9.47 Å². The Morgan fingerprint density at radius 2 is 1.74 bits per heavy atom. The zero-order valence-corrected chi connectivity index (χ0v) is 16.7. The molecule has 2 amide bonds. The van der Waals surface area contributed by atoms with E-state index in [1.54, 1.807) is 20.8 Å². The first-order valence-corrected chi connectivity index (χ1v) is 9.92. The summed E-state index contributed by atoms with van der Waals surface area (Å²) in [5.74, 6) is -1.83. The van der Waals surface area contributed by atoms with E-state index in [0.717, 1.165) is 6.07 Å². The summed E-state index contributed by atoms with van der Waals surface area (Å²) >= 11 is 5.98. The van der Waals surface area contributed by atoms with E-state index in [0.29, 0.717) is 0 Å². The Kier molecular flexibility index (Phi) is 8.67. The largest absolute Gasteiger partial charge is 0.452 e. The zero-order valence-electron chi connectivity index (χ0n) is 15.2. The molecule has 0 saturated heterocycles. The predicted octanol–water partition coefficient (Wildman–Crippen LogP) is 1.80. The van der Waals surface area contributed by atoms with Crippen molar-refractivity contribution in [3.8, 4) is 0 Å². The number of nitrogens with zero attached hydrogens (tertiary/aromatic N) is 1. The van der Waals surface area contributed by atoms with E-state index >= 15 is 0 Å². The van der Waals surface area contributed by atoms with Crippen molar-refractivity contribution in [2.24, 2.45) is 0 Å². The molecule has 1 aromatic carbocycles. The number of alkyl carbamates (subject to hydrolysis) is 1. The van der Waals surface area contributed by atoms with Crippen molar-refractivity contribution in [2.45, 2.75) is 25.7 Å². The first-order valence-electron chi connectivity index (χ1n) is 8.10. The van der Waals surface area contributed by atoms with Gasteiger partial charge in [-0.1, -0.05) is 25.4 Å². The van der Waals surface area contributed by atoms with Crippen molar-refractivity contribution in [3.05, 3.63) is 28.8 Å². The molecule has 0 aliphatic carbocycles. The molecule has 0 aliphatic rings. The summed E-state index contributed by atoms with van der Waals surface area (Å²) in [4.78, 5) is 34.5. The average Bonchev–Trinajstić information content (AvgIpc) is 2.60. The Morgan fingerprint density at radius 3 is 2.30 bits per heavy atom. The minimum Gasteiger partial charge on any atom is -0.452 e. The van der Waals surface area contributed by atoms with Crippen LogP contribution in [0.15, 0.2) is 23.1 Å². The molecular formula is C16H21ClN2O7S. The first kappa shape index (κ1) is 22.9. The van der Waals surface area contributed by atoms with Crippen molar-refractivity contribution < 1.29 is 32.3 Å². The number of ether oxygens (including phenoxy) is 2. The molecule has 0 saturated carbocycles. The second-order valence-corrected chi connectivity index (χ2v) is 7.39. The number of hydrogen-bond donors (Lipinski definition) is 1. The topological polar surface area (TPSA) is 119 Å². The van der Waals surface area contributed by atoms with Gasteiger partial charge in [0.25, 0.3) is 5.91 Å². The molecule has 9 nitrogen and oxygen atoms in total. The Labute approximate surface area is 162 Å². The van der Waals surface area contributed by atoms with Gasteiger partial charge in [0, 0.05) is 13.1 Å². The van der Waals surface area contributed by atoms with E-state index in [1.165, 1.54) is 16.4 Å². The molecule has 27 heavy (non-hydrogen) atoms. The molecule has 0 unspecified atom stereocenters. The van der Waals surface area contributed by atoms with Gasteiger partial charge in [-0.3, -0.25) is 10.1 Å². The maximum absolute atomic E-state index is 12.6. The monoisotopic (exact) mass is 420 g/mol. The summed E-state index contributed by atoms with van der Waals surface area (Å²) in [5.41, 5.74) is -0.103. The van der Waals surface area contributed by atoms with Crippen LogP contribution in [0.3, 0.4) is 0 Å². The van der Waals surface area contributed by atoms with Gasteiger partial charge in [-0.05, 0) is 25.1 Å². The normalized spacial score (nSPS) is 11.1. The van der Waals surface area contributed by atoms with Gasteiger partial charge in [-0.2, -0.15) is 4.31 Å². The lowest BCUT2D eigenvalue weighted by Gasteiger charge is -2.19. The van der Waals surface area contributed by atoms with E-state index in [1.807, 2.05) is 5.32 Å². The molecule has 0 spiro atoms. The summed E-state index contributed by atoms with van der Waals surface area (Å²) in [7, 11) is -3.89. The Balaban J connectivity index is 2.91. The van der Waals surface area contributed by atoms with Crippen molar-refractivity contribution in [1.29, 1.82) is 0 Å². The van der Waals surface area contributed by atoms with Gasteiger partial charge in [-0.15, -0.1) is 0 Å². The van der Waals surface area contributed by atoms with Crippen LogP contribution in [0.4, 0.5) is 4.79 Å². The summed E-state index contributed by atoms with van der Waals surface area (Å²) in [6.07, 6.45) is -0.961. The third-order valence-electron chi connectivity index (χ3n) is 3.34. The van der Waals surface area contributed by atoms with Crippen LogP contribution in [-0.4, -0.2) is 57.0 Å². The summed E-state index contributed by atoms with van der Waals surface area (Å²) in [6.45, 7) is 4.72. The number of benzene rings is 1. The molecule has 0 radical (unpaired) electrons. The fourth-order valence-electron chi connectivity index (χ4n) is 2.06. The van der Waals surface area contributed by atoms with Crippen LogP contribution in [0.5, 0.6) is 0 Å². The van der Waals surface area contributed by atoms with Crippen LogP contribution in [0.2, 0.25) is 5.02 Å². The van der Waals surface area contributed by atoms with Crippen molar-refractivity contribution >= 4 is 39.6 Å². The van der Waals surface area contributed by atoms with E-state index in [4.69, 9.17) is 16.3 Å². The minimum atomic E-state index is -3.89. The first-order chi connectivity index (χ1) is 12.7. The second-order valence-electron chi connectivity index (χ2n) is 5.08. The number of esters is 1. The molecule has 0 heterocycles. The fraction of sp³-hybridized carbons (Fsp3) is 0.438. The summed E-state index contributed by atoms with van der Waals surface area (Å²) in [5, 5.41) is 1.82. The molecule has 1 aromatic rings. The third-order valence-corrected chi connectivity index (χ3v) is 5.87. The van der Waals surface area contributed by atoms with Gasteiger partial charge in [0.1, 0.15) is 4.90 Å². The molecule has 0 aliphatic heterocycles. The quantitative estimate of drug-likeness (QED) is 0.636. The van der Waals surface area contributed by atoms with Crippen molar-refractivity contribution in [2.75, 3.05) is 26.3 Å². The number of sulfonamides is 1. The number of nitrogens with one attached hydrogen (secondary N) is 1. The number of halogens is 1. The van der Waals surface area contributed by atoms with Gasteiger partial charge in [0.05, 0.1) is 17.2 Å². The van der Waals surface area contributed by atoms with E-state index < -0.39 is 34.6 Å². The molecular weight excluding hydrogens is 400 g/mol. The smallest absolute Gasteiger partial charge is 0.413 e. The second kappa shape index (κ2) is 10.2. The molecule has 150 valence electrons. The van der Waals surface area contributed by atoms with E-state index in [9.17, 15) is 22.8 Å². The SMILES string of the molecule is CCOC(=O)NC(=O)COC(=O)c1ccc(Cl)c(S(=O)(=O)N(CC)CC)c1. The van der Waals surface area contributed by atoms with Crippen LogP contribution in [0.25, 0.3) is 0 Å². The highest BCUT2D eigenvalue weighted by Crippen LogP contribution is 2.26. The molecule has 1 N–H and O–H groups in total. The van der Waals surface area contributed by atoms with E-state index in [2.05, 4.69) is 4.74 Å². The molecule has 0 atom stereocenters. The van der Waals surface area contributed by atoms with Crippen LogP contribution < -0.4 is 5.32 Å². The number of imide groups is 1. The maximum Gasteiger partial charge on any atom is 0.413 e. The predicted molar refractivity (Wildman–Crippen MR) is 97.0 cm³/mol. The van der Waals surface area contributed by atoms with Crippen molar-refractivity contribution in [3.63, 3.8) is 0 Å². The van der Waals surface area contributed by atoms with Gasteiger partial charge in [0.2, 0.25) is 10.0 Å². The third kappa shape index (κ3) is 6.19. The highest BCUT2D eigenvalue weighted by atomic mass is 35.5. The molecule has 0 fully saturated rings. The lowest BCUT2D eigenvalue weighted by Crippen LogP contribution is -2.34. The lowest BCUT2D eigenvalue weighted by molar-refractivity contribution is -0.123. The standard InChI is InChI=1S/C16H21ClN2O7S/c1-4-19(5-2)27(23,24)13-9-11(7-8-12(13)17)15(21)26-10-14(20)18-16(22)25-6-3/h7-9H,4-6,10H2,1-3H3,(H,18,20,22). The van der Waals surface area contributed by atoms with Gasteiger partial charge >= 0.3 is 12.1 Å². The number of rotatable bonds is 8. The Hall–Kier alpha value is -2.17. The van der Waals surface area contributed by atoms with Crippen LogP contribution in [0.1, 0.15) is 31.1 Å². The lowest BCUT2D eigenvalue weighted by atomic mass is 10.2. The summed E-state index contributed by atoms with van der Waals surface area (Å²) in [6, 6.07) is 3.62. The van der Waals surface area contributed by atoms with Gasteiger partial charge in [-0.25, -0.2) is 18.0 Å². The fourth-order valence-corrected chi connectivity index (χ4v) is 4.02. The molecule has 1 rings (SSSR count). The average molecular weight is 421 g/mol. The number of amides is 2. The van der Waals surface area contributed by atoms with Crippen LogP contribution >= 0.6 is 11.6 Å². The number of carbonyl (C=O) groups is 3. The zero-order chi connectivity index (χ0) is 20.6. The summed E-state index contributed by atoms with van der Waals surface area (Å²) < 4.78 is 35.7. The minimum absolute atomic E-state index is 0.0431. The highest BCUT2D eigenvalue weighted by Gasteiger charge is 2.26. The number of carbonyl (C=O) groups excluding carboxylic acids is 3. The highest BCUT2D eigenvalue weighted by molar-refractivity contribution is 7.89. The van der Waals surface area contributed by atoms with Crippen molar-refractivity contribution in [1.82, 2.24) is 9.62 Å².